The minimum atomic E-state index is -5.86. The molecule has 0 aliphatic heterocycles. The Bertz CT molecular complexity index is 1110. The normalized spacial score (nSPS) is 11.9. The average Bonchev–Trinajstić information content (AvgIpc) is 2.69. The monoisotopic (exact) mass is 422 g/mol. The number of hydrogen-bond acceptors (Lipinski definition) is 4. The molecule has 0 atom stereocenters. The predicted octanol–water partition coefficient (Wildman–Crippen LogP) is 5.57. The quantitative estimate of drug-likeness (QED) is 0.399. The third kappa shape index (κ3) is 4.07. The zero-order valence-electron chi connectivity index (χ0n) is 15.5. The van der Waals surface area contributed by atoms with Gasteiger partial charge >= 0.3 is 15.6 Å². The maximum Gasteiger partial charge on any atom is 0.534 e. The van der Waals surface area contributed by atoms with Gasteiger partial charge in [0.1, 0.15) is 5.75 Å². The van der Waals surface area contributed by atoms with E-state index in [0.717, 1.165) is 5.56 Å². The van der Waals surface area contributed by atoms with Crippen LogP contribution in [0.1, 0.15) is 5.56 Å². The summed E-state index contributed by atoms with van der Waals surface area (Å²) < 4.78 is 72.5. The summed E-state index contributed by atoms with van der Waals surface area (Å²) in [5.41, 5.74) is -3.40. The maximum absolute atomic E-state index is 13.0. The predicted molar refractivity (Wildman–Crippen MR) is 104 cm³/mol. The summed E-state index contributed by atoms with van der Waals surface area (Å²) in [6.07, 6.45) is 0. The fourth-order valence-corrected chi connectivity index (χ4v) is 3.49. The first kappa shape index (κ1) is 20.7. The Labute approximate surface area is 166 Å². The van der Waals surface area contributed by atoms with Crippen LogP contribution < -0.4 is 8.92 Å². The number of rotatable bonds is 5. The van der Waals surface area contributed by atoms with E-state index in [1.807, 2.05) is 30.3 Å². The summed E-state index contributed by atoms with van der Waals surface area (Å²) >= 11 is 0. The second-order valence-corrected chi connectivity index (χ2v) is 7.73. The van der Waals surface area contributed by atoms with Gasteiger partial charge in [-0.1, -0.05) is 60.7 Å². The average molecular weight is 422 g/mol. The molecular formula is C21H17F3O4S. The molecule has 3 rings (SSSR count). The zero-order valence-corrected chi connectivity index (χ0v) is 16.3. The van der Waals surface area contributed by atoms with Crippen LogP contribution in [0.5, 0.6) is 11.5 Å². The third-order valence-electron chi connectivity index (χ3n) is 4.25. The lowest BCUT2D eigenvalue weighted by atomic mass is 9.93. The summed E-state index contributed by atoms with van der Waals surface area (Å²) in [4.78, 5) is 0. The lowest BCUT2D eigenvalue weighted by Gasteiger charge is -2.21. The van der Waals surface area contributed by atoms with Crippen molar-refractivity contribution in [2.45, 2.75) is 12.4 Å². The first-order valence-electron chi connectivity index (χ1n) is 8.49. The van der Waals surface area contributed by atoms with E-state index < -0.39 is 21.4 Å². The van der Waals surface area contributed by atoms with Crippen LogP contribution in [-0.4, -0.2) is 21.0 Å². The highest BCUT2D eigenvalue weighted by molar-refractivity contribution is 7.88. The number of ether oxygens (including phenoxy) is 1. The van der Waals surface area contributed by atoms with Gasteiger partial charge in [-0.2, -0.15) is 21.6 Å². The molecule has 0 heterocycles. The number of benzene rings is 3. The second kappa shape index (κ2) is 7.79. The zero-order chi connectivity index (χ0) is 21.2. The highest BCUT2D eigenvalue weighted by Gasteiger charge is 2.49. The van der Waals surface area contributed by atoms with Gasteiger partial charge < -0.3 is 8.92 Å². The minimum Gasteiger partial charge on any atom is -0.495 e. The van der Waals surface area contributed by atoms with E-state index in [1.165, 1.54) is 14.0 Å². The Morgan fingerprint density at radius 3 is 1.83 bits per heavy atom. The van der Waals surface area contributed by atoms with Gasteiger partial charge in [-0.05, 0) is 29.7 Å². The molecular weight excluding hydrogens is 405 g/mol. The molecule has 29 heavy (non-hydrogen) atoms. The number of halogens is 3. The summed E-state index contributed by atoms with van der Waals surface area (Å²) in [6, 6.07) is 19.0. The molecule has 0 bridgehead atoms. The van der Waals surface area contributed by atoms with E-state index in [-0.39, 0.29) is 16.9 Å². The Morgan fingerprint density at radius 2 is 1.34 bits per heavy atom. The molecule has 0 amide bonds. The van der Waals surface area contributed by atoms with Crippen molar-refractivity contribution in [2.75, 3.05) is 7.11 Å². The number of aryl methyl sites for hydroxylation is 1. The first-order valence-corrected chi connectivity index (χ1v) is 9.89. The van der Waals surface area contributed by atoms with E-state index in [4.69, 9.17) is 4.74 Å². The van der Waals surface area contributed by atoms with E-state index in [9.17, 15) is 21.6 Å². The van der Waals surface area contributed by atoms with Crippen LogP contribution in [-0.2, 0) is 10.1 Å². The van der Waals surface area contributed by atoms with E-state index in [2.05, 4.69) is 4.18 Å². The topological polar surface area (TPSA) is 52.6 Å². The highest BCUT2D eigenvalue weighted by Crippen LogP contribution is 2.48. The minimum absolute atomic E-state index is 0.125. The Balaban J connectivity index is 2.35. The fraction of sp³-hybridized carbons (Fsp3) is 0.143. The van der Waals surface area contributed by atoms with Gasteiger partial charge in [-0.3, -0.25) is 0 Å². The van der Waals surface area contributed by atoms with Crippen molar-refractivity contribution in [3.8, 4) is 33.8 Å². The molecule has 3 aromatic carbocycles. The molecule has 0 saturated heterocycles. The van der Waals surface area contributed by atoms with Gasteiger partial charge in [-0.25, -0.2) is 0 Å². The molecule has 0 radical (unpaired) electrons. The molecule has 0 fully saturated rings. The molecule has 0 aliphatic carbocycles. The van der Waals surface area contributed by atoms with Crippen LogP contribution >= 0.6 is 0 Å². The standard InChI is InChI=1S/C21H17F3O4S/c1-14-13-17(15-9-5-3-6-10-15)20(27-2)18(16-11-7-4-8-12-16)19(14)28-29(25,26)21(22,23)24/h3-13H,1-2H3. The van der Waals surface area contributed by atoms with Crippen molar-refractivity contribution in [3.63, 3.8) is 0 Å². The lowest BCUT2D eigenvalue weighted by molar-refractivity contribution is -0.0500. The number of methoxy groups -OCH3 is 1. The fourth-order valence-electron chi connectivity index (χ4n) is 2.96. The van der Waals surface area contributed by atoms with Gasteiger partial charge in [0.15, 0.2) is 5.75 Å². The Kier molecular flexibility index (Phi) is 5.57. The lowest BCUT2D eigenvalue weighted by Crippen LogP contribution is -2.28. The SMILES string of the molecule is COc1c(-c2ccccc2)cc(C)c(OS(=O)(=O)C(F)(F)F)c1-c1ccccc1. The van der Waals surface area contributed by atoms with Gasteiger partial charge in [0.25, 0.3) is 0 Å². The molecule has 0 aliphatic rings. The van der Waals surface area contributed by atoms with Crippen LogP contribution in [0.3, 0.4) is 0 Å². The van der Waals surface area contributed by atoms with E-state index in [0.29, 0.717) is 11.1 Å². The van der Waals surface area contributed by atoms with Gasteiger partial charge in [0.05, 0.1) is 12.7 Å². The second-order valence-electron chi connectivity index (χ2n) is 6.19. The van der Waals surface area contributed by atoms with Crippen molar-refractivity contribution in [1.29, 1.82) is 0 Å². The number of hydrogen-bond donors (Lipinski definition) is 0. The highest BCUT2D eigenvalue weighted by atomic mass is 32.2. The van der Waals surface area contributed by atoms with E-state index >= 15 is 0 Å². The summed E-state index contributed by atoms with van der Waals surface area (Å²) in [7, 11) is -4.50. The number of alkyl halides is 3. The molecule has 0 saturated carbocycles. The Hall–Kier alpha value is -3.00. The summed E-state index contributed by atoms with van der Waals surface area (Å²) in [5, 5.41) is 0. The molecule has 0 aromatic heterocycles. The molecule has 152 valence electrons. The van der Waals surface area contributed by atoms with E-state index in [1.54, 1.807) is 36.4 Å². The molecule has 3 aromatic rings. The van der Waals surface area contributed by atoms with Crippen molar-refractivity contribution < 1.29 is 30.5 Å². The summed E-state index contributed by atoms with van der Waals surface area (Å²) in [6.45, 7) is 1.49. The van der Waals surface area contributed by atoms with Crippen molar-refractivity contribution in [3.05, 3.63) is 72.3 Å². The largest absolute Gasteiger partial charge is 0.534 e. The van der Waals surface area contributed by atoms with Gasteiger partial charge in [-0.15, -0.1) is 0 Å². The van der Waals surface area contributed by atoms with Crippen LogP contribution in [0.2, 0.25) is 0 Å². The van der Waals surface area contributed by atoms with Crippen LogP contribution in [0.4, 0.5) is 13.2 Å². The van der Waals surface area contributed by atoms with Crippen LogP contribution in [0.25, 0.3) is 22.3 Å². The van der Waals surface area contributed by atoms with Crippen molar-refractivity contribution in [2.24, 2.45) is 0 Å². The first-order chi connectivity index (χ1) is 13.7. The Morgan fingerprint density at radius 1 is 0.828 bits per heavy atom. The molecule has 0 unspecified atom stereocenters. The van der Waals surface area contributed by atoms with Gasteiger partial charge in [0.2, 0.25) is 0 Å². The van der Waals surface area contributed by atoms with Crippen molar-refractivity contribution >= 4 is 10.1 Å². The van der Waals surface area contributed by atoms with Gasteiger partial charge in [0, 0.05) is 5.56 Å². The molecule has 0 N–H and O–H groups in total. The maximum atomic E-state index is 13.0. The van der Waals surface area contributed by atoms with Crippen LogP contribution in [0, 0.1) is 6.92 Å². The molecule has 8 heteroatoms. The molecule has 0 spiro atoms. The summed E-state index contributed by atoms with van der Waals surface area (Å²) in [5.74, 6) is -0.217. The van der Waals surface area contributed by atoms with Crippen molar-refractivity contribution in [1.82, 2.24) is 0 Å². The van der Waals surface area contributed by atoms with Crippen LogP contribution in [0.15, 0.2) is 66.7 Å². The third-order valence-corrected chi connectivity index (χ3v) is 5.20. The molecule has 4 nitrogen and oxygen atoms in total. The smallest absolute Gasteiger partial charge is 0.495 e.